The number of hydrogen-bond acceptors (Lipinski definition) is 2. The predicted octanol–water partition coefficient (Wildman–Crippen LogP) is 5.12. The van der Waals surface area contributed by atoms with Crippen molar-refractivity contribution in [3.05, 3.63) is 35.9 Å². The summed E-state index contributed by atoms with van der Waals surface area (Å²) < 4.78 is 5.07. The Morgan fingerprint density at radius 2 is 1.90 bits per heavy atom. The van der Waals surface area contributed by atoms with E-state index in [1.54, 1.807) is 0 Å². The molecule has 3 heteroatoms. The number of ether oxygens (including phenoxy) is 1. The van der Waals surface area contributed by atoms with Crippen molar-refractivity contribution in [1.82, 2.24) is 0 Å². The summed E-state index contributed by atoms with van der Waals surface area (Å²) in [5.41, 5.74) is 1.08. The molecule has 0 saturated carbocycles. The van der Waals surface area contributed by atoms with Crippen LogP contribution in [0.2, 0.25) is 0 Å². The largest absolute Gasteiger partial charge is 0.466 e. The Bertz CT molecular complexity index is 378. The number of unbranched alkanes of at least 4 members (excludes halogenated alkanes) is 2. The van der Waals surface area contributed by atoms with Crippen LogP contribution >= 0.6 is 11.6 Å². The summed E-state index contributed by atoms with van der Waals surface area (Å²) in [6, 6.07) is 9.99. The second-order valence-corrected chi connectivity index (χ2v) is 5.55. The summed E-state index contributed by atoms with van der Waals surface area (Å²) in [6.07, 6.45) is 4.83. The van der Waals surface area contributed by atoms with Crippen molar-refractivity contribution < 1.29 is 9.53 Å². The number of carbonyl (C=O) groups excluding carboxylic acids is 1. The van der Waals surface area contributed by atoms with E-state index in [1.807, 2.05) is 37.3 Å². The van der Waals surface area contributed by atoms with Crippen molar-refractivity contribution in [2.45, 2.75) is 51.3 Å². The molecule has 0 bridgehead atoms. The number of halogens is 1. The van der Waals surface area contributed by atoms with Gasteiger partial charge in [-0.2, -0.15) is 0 Å². The highest BCUT2D eigenvalue weighted by atomic mass is 35.5. The van der Waals surface area contributed by atoms with Crippen molar-refractivity contribution >= 4 is 17.6 Å². The lowest BCUT2D eigenvalue weighted by Crippen LogP contribution is -2.16. The average molecular weight is 297 g/mol. The van der Waals surface area contributed by atoms with Crippen molar-refractivity contribution in [1.29, 1.82) is 0 Å². The van der Waals surface area contributed by atoms with Gasteiger partial charge in [-0.25, -0.2) is 0 Å². The van der Waals surface area contributed by atoms with Gasteiger partial charge in [0.25, 0.3) is 0 Å². The van der Waals surface area contributed by atoms with E-state index in [4.69, 9.17) is 16.3 Å². The molecular weight excluding hydrogens is 272 g/mol. The maximum Gasteiger partial charge on any atom is 0.306 e. The molecule has 20 heavy (non-hydrogen) atoms. The number of carbonyl (C=O) groups is 1. The third-order valence-corrected chi connectivity index (χ3v) is 4.05. The summed E-state index contributed by atoms with van der Waals surface area (Å²) in [6.45, 7) is 4.44. The minimum absolute atomic E-state index is 0.127. The second kappa shape index (κ2) is 9.82. The molecule has 0 fully saturated rings. The number of hydrogen-bond donors (Lipinski definition) is 0. The lowest BCUT2D eigenvalue weighted by atomic mass is 9.90. The van der Waals surface area contributed by atoms with E-state index in [2.05, 4.69) is 6.92 Å². The molecule has 0 aliphatic heterocycles. The Morgan fingerprint density at radius 3 is 2.50 bits per heavy atom. The summed E-state index contributed by atoms with van der Waals surface area (Å²) in [5, 5.41) is -0.127. The third-order valence-electron chi connectivity index (χ3n) is 3.44. The highest BCUT2D eigenvalue weighted by Crippen LogP contribution is 2.35. The lowest BCUT2D eigenvalue weighted by molar-refractivity contribution is -0.144. The van der Waals surface area contributed by atoms with Crippen LogP contribution in [0.25, 0.3) is 0 Å². The van der Waals surface area contributed by atoms with Gasteiger partial charge in [0.1, 0.15) is 0 Å². The Kier molecular flexibility index (Phi) is 8.36. The molecular formula is C17H25ClO2. The molecule has 0 N–H and O–H groups in total. The van der Waals surface area contributed by atoms with Gasteiger partial charge in [0.05, 0.1) is 18.4 Å². The molecule has 0 saturated heterocycles. The van der Waals surface area contributed by atoms with Crippen LogP contribution in [-0.2, 0) is 9.53 Å². The first-order valence-corrected chi connectivity index (χ1v) is 7.97. The van der Waals surface area contributed by atoms with E-state index in [0.717, 1.165) is 18.4 Å². The van der Waals surface area contributed by atoms with Gasteiger partial charge >= 0.3 is 5.97 Å². The van der Waals surface area contributed by atoms with Crippen molar-refractivity contribution in [2.75, 3.05) is 6.61 Å². The van der Waals surface area contributed by atoms with Gasteiger partial charge in [-0.1, -0.05) is 56.5 Å². The number of esters is 1. The van der Waals surface area contributed by atoms with E-state index in [0.29, 0.717) is 13.0 Å². The zero-order valence-electron chi connectivity index (χ0n) is 12.5. The molecule has 0 heterocycles. The molecule has 1 aromatic rings. The number of rotatable bonds is 9. The lowest BCUT2D eigenvalue weighted by Gasteiger charge is -2.22. The number of alkyl halides is 1. The van der Waals surface area contributed by atoms with Crippen molar-refractivity contribution in [2.24, 2.45) is 5.92 Å². The normalized spacial score (nSPS) is 13.8. The average Bonchev–Trinajstić information content (AvgIpc) is 2.47. The minimum atomic E-state index is -0.143. The molecule has 1 aromatic carbocycles. The summed E-state index contributed by atoms with van der Waals surface area (Å²) in [7, 11) is 0. The highest BCUT2D eigenvalue weighted by molar-refractivity contribution is 6.21. The van der Waals surface area contributed by atoms with Gasteiger partial charge < -0.3 is 4.74 Å². The number of benzene rings is 1. The van der Waals surface area contributed by atoms with Gasteiger partial charge in [0.2, 0.25) is 0 Å². The van der Waals surface area contributed by atoms with Crippen LogP contribution in [0.4, 0.5) is 0 Å². The van der Waals surface area contributed by atoms with Gasteiger partial charge in [0, 0.05) is 0 Å². The van der Waals surface area contributed by atoms with E-state index in [-0.39, 0.29) is 17.3 Å². The van der Waals surface area contributed by atoms with Crippen LogP contribution in [0.15, 0.2) is 30.3 Å². The highest BCUT2D eigenvalue weighted by Gasteiger charge is 2.24. The van der Waals surface area contributed by atoms with Crippen molar-refractivity contribution in [3.63, 3.8) is 0 Å². The molecule has 0 radical (unpaired) electrons. The zero-order chi connectivity index (χ0) is 14.8. The molecule has 2 unspecified atom stereocenters. The predicted molar refractivity (Wildman–Crippen MR) is 83.9 cm³/mol. The van der Waals surface area contributed by atoms with Crippen LogP contribution in [0, 0.1) is 5.92 Å². The summed E-state index contributed by atoms with van der Waals surface area (Å²) in [4.78, 5) is 11.7. The fourth-order valence-electron chi connectivity index (χ4n) is 2.35. The quantitative estimate of drug-likeness (QED) is 0.359. The first-order chi connectivity index (χ1) is 9.69. The van der Waals surface area contributed by atoms with Gasteiger partial charge in [-0.15, -0.1) is 11.6 Å². The van der Waals surface area contributed by atoms with Crippen LogP contribution in [-0.4, -0.2) is 12.6 Å². The topological polar surface area (TPSA) is 26.3 Å². The molecule has 1 rings (SSSR count). The fourth-order valence-corrected chi connectivity index (χ4v) is 2.71. The Hall–Kier alpha value is -1.02. The summed E-state index contributed by atoms with van der Waals surface area (Å²) >= 11 is 6.59. The van der Waals surface area contributed by atoms with Crippen LogP contribution in [0.3, 0.4) is 0 Å². The van der Waals surface area contributed by atoms with E-state index >= 15 is 0 Å². The van der Waals surface area contributed by atoms with Gasteiger partial charge in [-0.05, 0) is 24.8 Å². The Balaban J connectivity index is 2.67. The Labute approximate surface area is 127 Å². The standard InChI is InChI=1S/C17H25ClO2/c1-3-5-7-12-15(13-16(19)20-4-2)17(18)14-10-8-6-9-11-14/h6,8-11,15,17H,3-5,7,12-13H2,1-2H3. The van der Waals surface area contributed by atoms with Crippen molar-refractivity contribution in [3.8, 4) is 0 Å². The SMILES string of the molecule is CCCCCC(CC(=O)OCC)C(Cl)c1ccccc1. The fraction of sp³-hybridized carbons (Fsp3) is 0.588. The van der Waals surface area contributed by atoms with E-state index in [1.165, 1.54) is 12.8 Å². The Morgan fingerprint density at radius 1 is 1.20 bits per heavy atom. The maximum atomic E-state index is 11.7. The molecule has 0 spiro atoms. The molecule has 2 nitrogen and oxygen atoms in total. The minimum Gasteiger partial charge on any atom is -0.466 e. The molecule has 2 atom stereocenters. The van der Waals surface area contributed by atoms with Crippen LogP contribution < -0.4 is 0 Å². The van der Waals surface area contributed by atoms with Gasteiger partial charge in [0.15, 0.2) is 0 Å². The van der Waals surface area contributed by atoms with Crippen LogP contribution in [0.5, 0.6) is 0 Å². The second-order valence-electron chi connectivity index (χ2n) is 5.08. The first-order valence-electron chi connectivity index (χ1n) is 7.53. The molecule has 0 aromatic heterocycles. The van der Waals surface area contributed by atoms with E-state index < -0.39 is 0 Å². The first kappa shape index (κ1) is 17.0. The molecule has 0 amide bonds. The monoisotopic (exact) mass is 296 g/mol. The maximum absolute atomic E-state index is 11.7. The third kappa shape index (κ3) is 5.96. The summed E-state index contributed by atoms with van der Waals surface area (Å²) in [5.74, 6) is 0.000228. The molecule has 0 aliphatic rings. The zero-order valence-corrected chi connectivity index (χ0v) is 13.2. The van der Waals surface area contributed by atoms with Crippen LogP contribution in [0.1, 0.15) is 56.9 Å². The molecule has 112 valence electrons. The molecule has 0 aliphatic carbocycles. The smallest absolute Gasteiger partial charge is 0.306 e. The van der Waals surface area contributed by atoms with E-state index in [9.17, 15) is 4.79 Å². The van der Waals surface area contributed by atoms with Gasteiger partial charge in [-0.3, -0.25) is 4.79 Å².